The molecule has 2 rings (SSSR count). The highest BCUT2D eigenvalue weighted by atomic mass is 32.2. The second-order valence-electron chi connectivity index (χ2n) is 4.53. The summed E-state index contributed by atoms with van der Waals surface area (Å²) in [5.74, 6) is 0.283. The van der Waals surface area contributed by atoms with E-state index in [1.54, 1.807) is 13.8 Å². The predicted octanol–water partition coefficient (Wildman–Crippen LogP) is 0.891. The van der Waals surface area contributed by atoms with Crippen LogP contribution in [0.5, 0.6) is 0 Å². The molecule has 2 heterocycles. The van der Waals surface area contributed by atoms with Gasteiger partial charge in [0.15, 0.2) is 5.76 Å². The van der Waals surface area contributed by atoms with Crippen molar-refractivity contribution in [1.29, 1.82) is 0 Å². The number of aryl methyl sites for hydroxylation is 2. The molecule has 0 spiro atoms. The van der Waals surface area contributed by atoms with Crippen molar-refractivity contribution in [3.8, 4) is 0 Å². The fourth-order valence-corrected chi connectivity index (χ4v) is 3.99. The number of hydrogen-bond donors (Lipinski definition) is 0. The van der Waals surface area contributed by atoms with Gasteiger partial charge in [0.25, 0.3) is 0 Å². The molecule has 6 nitrogen and oxygen atoms in total. The van der Waals surface area contributed by atoms with E-state index >= 15 is 0 Å². The number of carbonyl (C=O) groups excluding carboxylic acids is 1. The average molecular weight is 272 g/mol. The zero-order chi connectivity index (χ0) is 13.3. The zero-order valence-corrected chi connectivity index (χ0v) is 11.2. The zero-order valence-electron chi connectivity index (χ0n) is 10.4. The predicted molar refractivity (Wildman–Crippen MR) is 63.5 cm³/mol. The molecule has 7 heteroatoms. The lowest BCUT2D eigenvalue weighted by molar-refractivity contribution is -0.112. The fraction of sp³-hybridized carbons (Fsp3) is 0.636. The number of aldehydes is 1. The van der Waals surface area contributed by atoms with E-state index in [0.717, 1.165) is 6.29 Å². The van der Waals surface area contributed by atoms with Gasteiger partial charge in [0, 0.05) is 19.0 Å². The van der Waals surface area contributed by atoms with Gasteiger partial charge in [-0.2, -0.15) is 4.31 Å². The third kappa shape index (κ3) is 2.20. The van der Waals surface area contributed by atoms with Gasteiger partial charge >= 0.3 is 0 Å². The number of hydrogen-bond acceptors (Lipinski definition) is 5. The molecule has 0 aromatic carbocycles. The average Bonchev–Trinajstić information content (AvgIpc) is 2.69. The molecule has 1 fully saturated rings. The maximum atomic E-state index is 12.4. The second kappa shape index (κ2) is 4.81. The van der Waals surface area contributed by atoms with Gasteiger partial charge in [-0.15, -0.1) is 0 Å². The Morgan fingerprint density at radius 1 is 1.33 bits per heavy atom. The topological polar surface area (TPSA) is 80.5 Å². The standard InChI is InChI=1S/C11H16N2O4S/c1-8-11(9(2)17-12-8)18(15,16)13-5-3-10(7-14)4-6-13/h7,10H,3-6H2,1-2H3. The highest BCUT2D eigenvalue weighted by Gasteiger charge is 2.33. The van der Waals surface area contributed by atoms with Gasteiger partial charge in [-0.05, 0) is 26.7 Å². The molecule has 0 aliphatic carbocycles. The number of rotatable bonds is 3. The van der Waals surface area contributed by atoms with Crippen LogP contribution >= 0.6 is 0 Å². The molecule has 0 saturated carbocycles. The molecule has 100 valence electrons. The Kier molecular flexibility index (Phi) is 3.54. The number of aromatic nitrogens is 1. The minimum atomic E-state index is -3.55. The van der Waals surface area contributed by atoms with Crippen LogP contribution in [0.25, 0.3) is 0 Å². The van der Waals surface area contributed by atoms with E-state index in [4.69, 9.17) is 4.52 Å². The Morgan fingerprint density at radius 3 is 2.39 bits per heavy atom. The first-order valence-corrected chi connectivity index (χ1v) is 7.29. The number of sulfonamides is 1. The minimum Gasteiger partial charge on any atom is -0.360 e. The lowest BCUT2D eigenvalue weighted by atomic mass is 10.0. The van der Waals surface area contributed by atoms with Crippen LogP contribution in [0.2, 0.25) is 0 Å². The molecule has 1 aliphatic rings. The first-order chi connectivity index (χ1) is 8.46. The fourth-order valence-electron chi connectivity index (χ4n) is 2.22. The van der Waals surface area contributed by atoms with Crippen LogP contribution in [-0.2, 0) is 14.8 Å². The highest BCUT2D eigenvalue weighted by molar-refractivity contribution is 7.89. The summed E-state index contributed by atoms with van der Waals surface area (Å²) >= 11 is 0. The highest BCUT2D eigenvalue weighted by Crippen LogP contribution is 2.26. The lowest BCUT2D eigenvalue weighted by Crippen LogP contribution is -2.39. The second-order valence-corrected chi connectivity index (χ2v) is 6.41. The summed E-state index contributed by atoms with van der Waals surface area (Å²) in [6.07, 6.45) is 2.05. The van der Waals surface area contributed by atoms with Crippen molar-refractivity contribution in [1.82, 2.24) is 9.46 Å². The quantitative estimate of drug-likeness (QED) is 0.763. The first-order valence-electron chi connectivity index (χ1n) is 5.85. The van der Waals surface area contributed by atoms with E-state index in [1.165, 1.54) is 4.31 Å². The monoisotopic (exact) mass is 272 g/mol. The molecule has 0 amide bonds. The van der Waals surface area contributed by atoms with Crippen molar-refractivity contribution in [2.75, 3.05) is 13.1 Å². The van der Waals surface area contributed by atoms with Crippen LogP contribution in [-0.4, -0.2) is 37.3 Å². The minimum absolute atomic E-state index is 0.0267. The Morgan fingerprint density at radius 2 is 1.94 bits per heavy atom. The molecule has 0 bridgehead atoms. The summed E-state index contributed by atoms with van der Waals surface area (Å²) < 4.78 is 31.2. The molecule has 0 radical (unpaired) electrons. The molecule has 1 aliphatic heterocycles. The van der Waals surface area contributed by atoms with Gasteiger partial charge in [-0.1, -0.05) is 5.16 Å². The molecular formula is C11H16N2O4S. The van der Waals surface area contributed by atoms with E-state index in [0.29, 0.717) is 37.4 Å². The van der Waals surface area contributed by atoms with Crippen LogP contribution in [0.15, 0.2) is 9.42 Å². The molecule has 18 heavy (non-hydrogen) atoms. The van der Waals surface area contributed by atoms with Crippen LogP contribution in [0.4, 0.5) is 0 Å². The summed E-state index contributed by atoms with van der Waals surface area (Å²) in [6, 6.07) is 0. The molecule has 0 N–H and O–H groups in total. The van der Waals surface area contributed by atoms with Gasteiger partial charge < -0.3 is 9.32 Å². The number of carbonyl (C=O) groups is 1. The van der Waals surface area contributed by atoms with Gasteiger partial charge in [0.1, 0.15) is 16.9 Å². The summed E-state index contributed by atoms with van der Waals surface area (Å²) in [5.41, 5.74) is 0.380. The van der Waals surface area contributed by atoms with Gasteiger partial charge in [-0.3, -0.25) is 0 Å². The molecular weight excluding hydrogens is 256 g/mol. The summed E-state index contributed by atoms with van der Waals surface area (Å²) in [7, 11) is -3.55. The Labute approximate surface area is 106 Å². The van der Waals surface area contributed by atoms with Crippen LogP contribution in [0, 0.1) is 19.8 Å². The van der Waals surface area contributed by atoms with E-state index in [2.05, 4.69) is 5.16 Å². The normalized spacial score (nSPS) is 19.0. The Bertz CT molecular complexity index is 522. The number of nitrogens with zero attached hydrogens (tertiary/aromatic N) is 2. The van der Waals surface area contributed by atoms with Gasteiger partial charge in [0.2, 0.25) is 10.0 Å². The molecule has 0 unspecified atom stereocenters. The molecule has 1 aromatic heterocycles. The summed E-state index contributed by atoms with van der Waals surface area (Å²) in [4.78, 5) is 10.8. The third-order valence-corrected chi connectivity index (χ3v) is 5.40. The van der Waals surface area contributed by atoms with Crippen molar-refractivity contribution >= 4 is 16.3 Å². The van der Waals surface area contributed by atoms with E-state index < -0.39 is 10.0 Å². The van der Waals surface area contributed by atoms with E-state index in [1.807, 2.05) is 0 Å². The smallest absolute Gasteiger partial charge is 0.248 e. The maximum absolute atomic E-state index is 12.4. The van der Waals surface area contributed by atoms with Crippen molar-refractivity contribution in [3.05, 3.63) is 11.5 Å². The SMILES string of the molecule is Cc1noc(C)c1S(=O)(=O)N1CCC(C=O)CC1. The molecule has 1 saturated heterocycles. The van der Waals surface area contributed by atoms with Gasteiger partial charge in [0.05, 0.1) is 0 Å². The van der Waals surface area contributed by atoms with E-state index in [-0.39, 0.29) is 10.8 Å². The van der Waals surface area contributed by atoms with Crippen molar-refractivity contribution < 1.29 is 17.7 Å². The van der Waals surface area contributed by atoms with Crippen LogP contribution in [0.3, 0.4) is 0 Å². The Balaban J connectivity index is 2.25. The van der Waals surface area contributed by atoms with Crippen molar-refractivity contribution in [2.24, 2.45) is 5.92 Å². The van der Waals surface area contributed by atoms with Crippen molar-refractivity contribution in [3.63, 3.8) is 0 Å². The largest absolute Gasteiger partial charge is 0.360 e. The lowest BCUT2D eigenvalue weighted by Gasteiger charge is -2.28. The maximum Gasteiger partial charge on any atom is 0.248 e. The van der Waals surface area contributed by atoms with Crippen molar-refractivity contribution in [2.45, 2.75) is 31.6 Å². The molecule has 1 aromatic rings. The van der Waals surface area contributed by atoms with Crippen LogP contribution in [0.1, 0.15) is 24.3 Å². The third-order valence-electron chi connectivity index (χ3n) is 3.26. The summed E-state index contributed by atoms with van der Waals surface area (Å²) in [5, 5.41) is 3.67. The van der Waals surface area contributed by atoms with Crippen LogP contribution < -0.4 is 0 Å². The summed E-state index contributed by atoms with van der Waals surface area (Å²) in [6.45, 7) is 3.94. The van der Waals surface area contributed by atoms with Gasteiger partial charge in [-0.25, -0.2) is 8.42 Å². The Hall–Kier alpha value is -1.21. The molecule has 0 atom stereocenters. The van der Waals surface area contributed by atoms with E-state index in [9.17, 15) is 13.2 Å². The number of piperidine rings is 1. The first kappa shape index (κ1) is 13.2.